The van der Waals surface area contributed by atoms with E-state index in [-0.39, 0.29) is 0 Å². The Balaban J connectivity index is 1.44. The summed E-state index contributed by atoms with van der Waals surface area (Å²) in [5.74, 6) is -0.740. The Bertz CT molecular complexity index is 895. The van der Waals surface area contributed by atoms with Gasteiger partial charge in [-0.15, -0.1) is 0 Å². The van der Waals surface area contributed by atoms with Crippen LogP contribution < -0.4 is 0 Å². The molecule has 166 valence electrons. The number of carboxylic acid groups (broad SMARTS) is 1. The number of likely N-dealkylation sites (N-methyl/N-ethyl adjacent to an activating group) is 1. The van der Waals surface area contributed by atoms with Crippen molar-refractivity contribution in [3.05, 3.63) is 75.8 Å². The summed E-state index contributed by atoms with van der Waals surface area (Å²) in [5, 5.41) is 10.1. The fourth-order valence-corrected chi connectivity index (χ4v) is 4.21. The van der Waals surface area contributed by atoms with Crippen molar-refractivity contribution < 1.29 is 9.90 Å². The predicted molar refractivity (Wildman–Crippen MR) is 129 cm³/mol. The number of nitrogens with zero attached hydrogens (tertiary/aromatic N) is 2. The van der Waals surface area contributed by atoms with Gasteiger partial charge in [-0.1, -0.05) is 54.1 Å². The minimum absolute atomic E-state index is 0.414. The molecular weight excluding hydrogens is 408 g/mol. The molecular formula is C26H33ClN2O2. The molecule has 0 radical (unpaired) electrons. The summed E-state index contributed by atoms with van der Waals surface area (Å²) in [6.07, 6.45) is 8.84. The van der Waals surface area contributed by atoms with Gasteiger partial charge in [-0.25, -0.2) is 0 Å². The Morgan fingerprint density at radius 2 is 1.77 bits per heavy atom. The molecule has 5 heteroatoms. The van der Waals surface area contributed by atoms with Crippen LogP contribution in [0.1, 0.15) is 35.1 Å². The molecule has 4 nitrogen and oxygen atoms in total. The van der Waals surface area contributed by atoms with Gasteiger partial charge < -0.3 is 5.11 Å². The van der Waals surface area contributed by atoms with Gasteiger partial charge in [-0.2, -0.15) is 0 Å². The average Bonchev–Trinajstić information content (AvgIpc) is 2.75. The van der Waals surface area contributed by atoms with E-state index in [0.29, 0.717) is 6.54 Å². The molecule has 1 heterocycles. The normalized spacial score (nSPS) is 18.0. The van der Waals surface area contributed by atoms with Gasteiger partial charge in [0.05, 0.1) is 0 Å². The highest BCUT2D eigenvalue weighted by Gasteiger charge is 2.28. The molecule has 2 aromatic rings. The van der Waals surface area contributed by atoms with Gasteiger partial charge in [0.25, 0.3) is 0 Å². The smallest absolute Gasteiger partial charge is 0.322 e. The Morgan fingerprint density at radius 1 is 1.10 bits per heavy atom. The molecule has 2 aromatic carbocycles. The quantitative estimate of drug-likeness (QED) is 0.561. The minimum atomic E-state index is -0.740. The lowest BCUT2D eigenvalue weighted by Crippen LogP contribution is -2.54. The third kappa shape index (κ3) is 7.20. The first kappa shape index (κ1) is 23.5. The number of rotatable bonds is 9. The van der Waals surface area contributed by atoms with E-state index in [2.05, 4.69) is 54.3 Å². The van der Waals surface area contributed by atoms with Crippen molar-refractivity contribution in [1.29, 1.82) is 0 Å². The van der Waals surface area contributed by atoms with Crippen molar-refractivity contribution in [2.24, 2.45) is 0 Å². The highest BCUT2D eigenvalue weighted by molar-refractivity contribution is 6.30. The van der Waals surface area contributed by atoms with E-state index in [0.717, 1.165) is 37.5 Å². The fourth-order valence-electron chi connectivity index (χ4n) is 4.08. The molecule has 1 aliphatic rings. The maximum absolute atomic E-state index is 11.4. The third-order valence-electron chi connectivity index (χ3n) is 6.11. The molecule has 0 bridgehead atoms. The Kier molecular flexibility index (Phi) is 8.70. The van der Waals surface area contributed by atoms with Gasteiger partial charge in [0.1, 0.15) is 6.04 Å². The zero-order valence-corrected chi connectivity index (χ0v) is 19.3. The molecule has 0 aliphatic carbocycles. The van der Waals surface area contributed by atoms with E-state index in [4.69, 9.17) is 11.6 Å². The number of benzene rings is 2. The fraction of sp³-hybridized carbons (Fsp3) is 0.423. The average molecular weight is 441 g/mol. The van der Waals surface area contributed by atoms with Gasteiger partial charge in [-0.05, 0) is 74.0 Å². The van der Waals surface area contributed by atoms with E-state index < -0.39 is 12.0 Å². The summed E-state index contributed by atoms with van der Waals surface area (Å²) < 4.78 is 0. The van der Waals surface area contributed by atoms with E-state index >= 15 is 0 Å². The van der Waals surface area contributed by atoms with E-state index in [1.807, 2.05) is 24.1 Å². The molecule has 1 aliphatic heterocycles. The Hall–Kier alpha value is -2.14. The zero-order valence-electron chi connectivity index (χ0n) is 18.6. The monoisotopic (exact) mass is 440 g/mol. The summed E-state index contributed by atoms with van der Waals surface area (Å²) >= 11 is 5.94. The molecule has 0 amide bonds. The van der Waals surface area contributed by atoms with E-state index in [1.165, 1.54) is 35.1 Å². The number of aliphatic carboxylic acids is 1. The maximum atomic E-state index is 11.4. The van der Waals surface area contributed by atoms with Crippen LogP contribution in [0.3, 0.4) is 0 Å². The van der Waals surface area contributed by atoms with Crippen LogP contribution in [0, 0.1) is 6.92 Å². The second kappa shape index (κ2) is 11.5. The van der Waals surface area contributed by atoms with Crippen LogP contribution in [-0.2, 0) is 17.6 Å². The highest BCUT2D eigenvalue weighted by atomic mass is 35.5. The van der Waals surface area contributed by atoms with Crippen LogP contribution in [-0.4, -0.2) is 60.1 Å². The zero-order chi connectivity index (χ0) is 22.2. The molecule has 3 rings (SSSR count). The first-order valence-electron chi connectivity index (χ1n) is 11.1. The summed E-state index contributed by atoms with van der Waals surface area (Å²) in [4.78, 5) is 15.5. The third-order valence-corrected chi connectivity index (χ3v) is 6.36. The first-order valence-corrected chi connectivity index (χ1v) is 11.5. The van der Waals surface area contributed by atoms with Crippen LogP contribution >= 0.6 is 11.6 Å². The lowest BCUT2D eigenvalue weighted by molar-refractivity contribution is -0.144. The van der Waals surface area contributed by atoms with E-state index in [1.54, 1.807) is 0 Å². The minimum Gasteiger partial charge on any atom is -0.480 e. The van der Waals surface area contributed by atoms with Crippen molar-refractivity contribution in [2.45, 2.75) is 38.6 Å². The molecule has 0 aromatic heterocycles. The van der Waals surface area contributed by atoms with Crippen LogP contribution in [0.4, 0.5) is 0 Å². The maximum Gasteiger partial charge on any atom is 0.322 e. The van der Waals surface area contributed by atoms with Gasteiger partial charge in [-0.3, -0.25) is 14.6 Å². The van der Waals surface area contributed by atoms with Crippen molar-refractivity contribution in [3.63, 3.8) is 0 Å². The first-order chi connectivity index (χ1) is 14.9. The van der Waals surface area contributed by atoms with Crippen LogP contribution in [0.2, 0.25) is 5.02 Å². The number of carbonyl (C=O) groups is 1. The van der Waals surface area contributed by atoms with Crippen LogP contribution in [0.5, 0.6) is 0 Å². The molecule has 1 fully saturated rings. The molecule has 1 unspecified atom stereocenters. The van der Waals surface area contributed by atoms with Gasteiger partial charge >= 0.3 is 5.97 Å². The van der Waals surface area contributed by atoms with Crippen molar-refractivity contribution in [1.82, 2.24) is 9.80 Å². The molecule has 1 atom stereocenters. The molecule has 31 heavy (non-hydrogen) atoms. The summed E-state index contributed by atoms with van der Waals surface area (Å²) in [6, 6.07) is 14.4. The largest absolute Gasteiger partial charge is 0.480 e. The lowest BCUT2D eigenvalue weighted by Gasteiger charge is -2.36. The summed E-state index contributed by atoms with van der Waals surface area (Å²) in [5.41, 5.74) is 5.24. The van der Waals surface area contributed by atoms with Crippen LogP contribution in [0.25, 0.3) is 6.08 Å². The van der Waals surface area contributed by atoms with Crippen molar-refractivity contribution in [3.8, 4) is 0 Å². The van der Waals surface area contributed by atoms with Crippen LogP contribution in [0.15, 0.2) is 48.5 Å². The topological polar surface area (TPSA) is 43.8 Å². The van der Waals surface area contributed by atoms with Crippen molar-refractivity contribution in [2.75, 3.05) is 33.2 Å². The summed E-state index contributed by atoms with van der Waals surface area (Å²) in [6.45, 7) is 5.20. The molecule has 0 spiro atoms. The van der Waals surface area contributed by atoms with E-state index in [9.17, 15) is 9.90 Å². The van der Waals surface area contributed by atoms with Gasteiger partial charge in [0.2, 0.25) is 0 Å². The number of carboxylic acids is 1. The highest BCUT2D eigenvalue weighted by Crippen LogP contribution is 2.17. The Morgan fingerprint density at radius 3 is 2.45 bits per heavy atom. The molecule has 1 saturated heterocycles. The van der Waals surface area contributed by atoms with Gasteiger partial charge in [0, 0.05) is 31.2 Å². The predicted octanol–water partition coefficient (Wildman–Crippen LogP) is 4.93. The Labute approximate surface area is 191 Å². The number of halogens is 1. The molecule has 0 saturated carbocycles. The van der Waals surface area contributed by atoms with Crippen molar-refractivity contribution >= 4 is 23.6 Å². The summed E-state index contributed by atoms with van der Waals surface area (Å²) in [7, 11) is 1.88. The number of hydrogen-bond acceptors (Lipinski definition) is 3. The number of piperazine rings is 1. The van der Waals surface area contributed by atoms with Gasteiger partial charge in [0.15, 0.2) is 0 Å². The second-order valence-electron chi connectivity index (χ2n) is 8.52. The standard InChI is InChI=1S/C26H33ClN2O2/c1-20-18-22(7-4-3-6-21-10-13-24(27)14-11-21)9-12-23(20)8-5-15-29-17-16-28(2)25(19-29)26(30)31/h5,8-14,18,25H,3-4,6-7,15-17,19H2,1-2H3,(H,30,31)/b8-5+. The SMILES string of the molecule is Cc1cc(CCCCc2ccc(Cl)cc2)ccc1/C=C/CN1CCN(C)C(C(=O)O)C1. The number of unbranched alkanes of at least 4 members (excludes halogenated alkanes) is 1. The number of aryl methyl sites for hydroxylation is 3. The number of hydrogen-bond donors (Lipinski definition) is 1. The second-order valence-corrected chi connectivity index (χ2v) is 8.96. The lowest BCUT2D eigenvalue weighted by atomic mass is 9.99. The molecule has 1 N–H and O–H groups in total.